The van der Waals surface area contributed by atoms with Crippen molar-refractivity contribution in [1.29, 1.82) is 0 Å². The lowest BCUT2D eigenvalue weighted by Crippen LogP contribution is -2.09. The first-order valence-electron chi connectivity index (χ1n) is 8.99. The van der Waals surface area contributed by atoms with Gasteiger partial charge in [-0.15, -0.1) is 0 Å². The van der Waals surface area contributed by atoms with E-state index in [0.717, 1.165) is 34.8 Å². The van der Waals surface area contributed by atoms with Crippen LogP contribution in [0.25, 0.3) is 16.9 Å². The van der Waals surface area contributed by atoms with Crippen molar-refractivity contribution in [2.75, 3.05) is 5.32 Å². The number of aryl methyl sites for hydroxylation is 1. The minimum absolute atomic E-state index is 0.177. The third-order valence-corrected chi connectivity index (χ3v) is 4.44. The summed E-state index contributed by atoms with van der Waals surface area (Å²) in [6, 6.07) is 7.89. The molecule has 0 saturated heterocycles. The van der Waals surface area contributed by atoms with Crippen molar-refractivity contribution in [3.63, 3.8) is 0 Å². The lowest BCUT2D eigenvalue weighted by atomic mass is 10.2. The molecular formula is C20H22N6O. The second kappa shape index (κ2) is 7.11. The molecule has 4 aromatic rings. The molecule has 1 atom stereocenters. The summed E-state index contributed by atoms with van der Waals surface area (Å²) in [5, 5.41) is 7.59. The Morgan fingerprint density at radius 2 is 2.11 bits per heavy atom. The van der Waals surface area contributed by atoms with Gasteiger partial charge in [-0.25, -0.2) is 9.97 Å². The molecule has 1 unspecified atom stereocenters. The molecule has 3 aromatic heterocycles. The van der Waals surface area contributed by atoms with Crippen molar-refractivity contribution in [1.82, 2.24) is 24.1 Å². The zero-order valence-electron chi connectivity index (χ0n) is 15.6. The van der Waals surface area contributed by atoms with Gasteiger partial charge < -0.3 is 10.1 Å². The van der Waals surface area contributed by atoms with Crippen LogP contribution < -0.4 is 10.1 Å². The molecule has 0 fully saturated rings. The Morgan fingerprint density at radius 1 is 1.22 bits per heavy atom. The second-order valence-corrected chi connectivity index (χ2v) is 6.51. The van der Waals surface area contributed by atoms with Gasteiger partial charge in [-0.3, -0.25) is 9.08 Å². The van der Waals surface area contributed by atoms with Gasteiger partial charge in [0.15, 0.2) is 11.5 Å². The van der Waals surface area contributed by atoms with E-state index in [1.807, 2.05) is 60.5 Å². The molecule has 0 saturated carbocycles. The quantitative estimate of drug-likeness (QED) is 0.560. The highest BCUT2D eigenvalue weighted by Gasteiger charge is 2.12. The maximum atomic E-state index is 5.90. The molecule has 0 spiro atoms. The number of hydrogen-bond acceptors (Lipinski definition) is 5. The van der Waals surface area contributed by atoms with E-state index < -0.39 is 0 Å². The molecule has 7 nitrogen and oxygen atoms in total. The second-order valence-electron chi connectivity index (χ2n) is 6.51. The molecule has 27 heavy (non-hydrogen) atoms. The standard InChI is InChI=1S/C20H22N6O/c1-4-14(2)27-17-7-5-6-16(10-17)24-19-20-22-12-18(26(20)9-8-21-19)15-11-23-25(3)13-15/h5-14H,4H2,1-3H3,(H,21,24). The van der Waals surface area contributed by atoms with E-state index in [9.17, 15) is 0 Å². The number of hydrogen-bond donors (Lipinski definition) is 1. The van der Waals surface area contributed by atoms with E-state index in [1.54, 1.807) is 10.9 Å². The number of anilines is 2. The van der Waals surface area contributed by atoms with Crippen LogP contribution in [0.15, 0.2) is 55.2 Å². The number of imidazole rings is 1. The molecule has 1 aromatic carbocycles. The average Bonchev–Trinajstić information content (AvgIpc) is 3.28. The Morgan fingerprint density at radius 3 is 2.89 bits per heavy atom. The van der Waals surface area contributed by atoms with Crippen molar-refractivity contribution in [3.05, 3.63) is 55.2 Å². The summed E-state index contributed by atoms with van der Waals surface area (Å²) in [5.41, 5.74) is 3.63. The highest BCUT2D eigenvalue weighted by Crippen LogP contribution is 2.26. The number of benzene rings is 1. The maximum Gasteiger partial charge on any atom is 0.180 e. The number of nitrogens with one attached hydrogen (secondary N) is 1. The smallest absolute Gasteiger partial charge is 0.180 e. The van der Waals surface area contributed by atoms with Crippen LogP contribution in [0.1, 0.15) is 20.3 Å². The number of rotatable bonds is 6. The monoisotopic (exact) mass is 362 g/mol. The van der Waals surface area contributed by atoms with Crippen molar-refractivity contribution in [2.24, 2.45) is 7.05 Å². The van der Waals surface area contributed by atoms with Crippen LogP contribution in [0.4, 0.5) is 11.5 Å². The van der Waals surface area contributed by atoms with E-state index in [0.29, 0.717) is 5.82 Å². The zero-order valence-corrected chi connectivity index (χ0v) is 15.6. The fourth-order valence-electron chi connectivity index (χ4n) is 2.87. The summed E-state index contributed by atoms with van der Waals surface area (Å²) in [6.07, 6.45) is 10.4. The Bertz CT molecular complexity index is 1070. The van der Waals surface area contributed by atoms with Gasteiger partial charge >= 0.3 is 0 Å². The first-order valence-corrected chi connectivity index (χ1v) is 8.99. The molecule has 0 aliphatic rings. The lowest BCUT2D eigenvalue weighted by molar-refractivity contribution is 0.217. The lowest BCUT2D eigenvalue weighted by Gasteiger charge is -2.14. The van der Waals surface area contributed by atoms with Gasteiger partial charge in [0.1, 0.15) is 5.75 Å². The highest BCUT2D eigenvalue weighted by atomic mass is 16.5. The van der Waals surface area contributed by atoms with Crippen LogP contribution in [0.2, 0.25) is 0 Å². The van der Waals surface area contributed by atoms with Crippen molar-refractivity contribution < 1.29 is 4.74 Å². The third-order valence-electron chi connectivity index (χ3n) is 4.44. The highest BCUT2D eigenvalue weighted by molar-refractivity contribution is 5.74. The fraction of sp³-hybridized carbons (Fsp3) is 0.250. The number of nitrogens with zero attached hydrogens (tertiary/aromatic N) is 5. The zero-order chi connectivity index (χ0) is 18.8. The number of ether oxygens (including phenoxy) is 1. The molecule has 7 heteroatoms. The maximum absolute atomic E-state index is 5.90. The van der Waals surface area contributed by atoms with E-state index in [1.165, 1.54) is 0 Å². The largest absolute Gasteiger partial charge is 0.491 e. The van der Waals surface area contributed by atoms with Gasteiger partial charge in [0.25, 0.3) is 0 Å². The van der Waals surface area contributed by atoms with Gasteiger partial charge in [-0.2, -0.15) is 5.10 Å². The van der Waals surface area contributed by atoms with Crippen LogP contribution in [0.3, 0.4) is 0 Å². The summed E-state index contributed by atoms with van der Waals surface area (Å²) in [4.78, 5) is 9.02. The fourth-order valence-corrected chi connectivity index (χ4v) is 2.87. The van der Waals surface area contributed by atoms with Gasteiger partial charge in [0.05, 0.1) is 24.2 Å². The summed E-state index contributed by atoms with van der Waals surface area (Å²) < 4.78 is 9.68. The van der Waals surface area contributed by atoms with E-state index in [2.05, 4.69) is 34.2 Å². The Balaban J connectivity index is 1.65. The molecule has 4 rings (SSSR count). The normalized spacial score (nSPS) is 12.3. The third kappa shape index (κ3) is 3.48. The van der Waals surface area contributed by atoms with Gasteiger partial charge in [0.2, 0.25) is 0 Å². The Kier molecular flexibility index (Phi) is 4.50. The summed E-state index contributed by atoms with van der Waals surface area (Å²) >= 11 is 0. The van der Waals surface area contributed by atoms with E-state index >= 15 is 0 Å². The molecule has 3 heterocycles. The predicted molar refractivity (Wildman–Crippen MR) is 105 cm³/mol. The topological polar surface area (TPSA) is 69.3 Å². The minimum atomic E-state index is 0.177. The van der Waals surface area contributed by atoms with Crippen LogP contribution in [0, 0.1) is 0 Å². The van der Waals surface area contributed by atoms with Crippen LogP contribution in [0.5, 0.6) is 5.75 Å². The number of aromatic nitrogens is 5. The molecule has 0 amide bonds. The Labute approximate surface area is 157 Å². The van der Waals surface area contributed by atoms with Crippen molar-refractivity contribution in [2.45, 2.75) is 26.4 Å². The van der Waals surface area contributed by atoms with Gasteiger partial charge in [-0.05, 0) is 25.5 Å². The first-order chi connectivity index (χ1) is 13.1. The molecule has 0 radical (unpaired) electrons. The van der Waals surface area contributed by atoms with Crippen molar-refractivity contribution in [3.8, 4) is 17.0 Å². The minimum Gasteiger partial charge on any atom is -0.491 e. The molecule has 0 bridgehead atoms. The summed E-state index contributed by atoms with van der Waals surface area (Å²) in [7, 11) is 1.90. The summed E-state index contributed by atoms with van der Waals surface area (Å²) in [6.45, 7) is 4.17. The van der Waals surface area contributed by atoms with Crippen LogP contribution in [-0.4, -0.2) is 30.3 Å². The Hall–Kier alpha value is -3.35. The summed E-state index contributed by atoms with van der Waals surface area (Å²) in [5.74, 6) is 1.52. The van der Waals surface area contributed by atoms with Crippen LogP contribution >= 0.6 is 0 Å². The van der Waals surface area contributed by atoms with E-state index in [4.69, 9.17) is 4.74 Å². The first kappa shape index (κ1) is 17.1. The predicted octanol–water partition coefficient (Wildman–Crippen LogP) is 4.05. The molecule has 0 aliphatic carbocycles. The van der Waals surface area contributed by atoms with Gasteiger partial charge in [0, 0.05) is 43.0 Å². The van der Waals surface area contributed by atoms with Gasteiger partial charge in [-0.1, -0.05) is 13.0 Å². The number of fused-ring (bicyclic) bond motifs is 1. The van der Waals surface area contributed by atoms with E-state index in [-0.39, 0.29) is 6.10 Å². The van der Waals surface area contributed by atoms with Crippen molar-refractivity contribution >= 4 is 17.2 Å². The molecule has 138 valence electrons. The molecule has 1 N–H and O–H groups in total. The molecular weight excluding hydrogens is 340 g/mol. The SMILES string of the molecule is CCC(C)Oc1cccc(Nc2nccn3c(-c4cnn(C)c4)cnc23)c1. The molecule has 0 aliphatic heterocycles. The average molecular weight is 362 g/mol. The van der Waals surface area contributed by atoms with Crippen LogP contribution in [-0.2, 0) is 7.05 Å².